The van der Waals surface area contributed by atoms with Gasteiger partial charge in [0.2, 0.25) is 0 Å². The van der Waals surface area contributed by atoms with Crippen LogP contribution in [0.4, 0.5) is 0 Å². The van der Waals surface area contributed by atoms with E-state index in [1.165, 1.54) is 0 Å². The largest absolute Gasteiger partial charge is 0.826 e. The van der Waals surface area contributed by atoms with Crippen LogP contribution in [0.25, 0.3) is 19.4 Å². The monoisotopic (exact) mass is 857 g/mol. The predicted octanol–water partition coefficient (Wildman–Crippen LogP) is 3.54. The van der Waals surface area contributed by atoms with Crippen molar-refractivity contribution in [3.8, 4) is 12.1 Å². The van der Waals surface area contributed by atoms with Crippen molar-refractivity contribution in [2.24, 2.45) is 0 Å². The number of rotatable bonds is 0. The molecule has 0 radical (unpaired) electrons. The number of nitrogens with zero attached hydrogens (tertiary/aromatic N) is 6. The maximum atomic E-state index is 8.01. The van der Waals surface area contributed by atoms with Crippen molar-refractivity contribution < 1.29 is 49.5 Å². The van der Waals surface area contributed by atoms with Crippen molar-refractivity contribution >= 4 is 152 Å². The third-order valence-electron chi connectivity index (χ3n) is 2.42. The molecule has 216 valence electrons. The third kappa shape index (κ3) is 20.9. The fraction of sp³-hybridized carbons (Fsp3) is 0. The predicted molar refractivity (Wildman–Crippen MR) is 163 cm³/mol. The molecule has 0 N–H and O–H groups in total. The molecule has 1 rings (SSSR count). The van der Waals surface area contributed by atoms with Gasteiger partial charge in [0.1, 0.15) is 0 Å². The molecule has 39 heavy (non-hydrogen) atoms. The van der Waals surface area contributed by atoms with Gasteiger partial charge in [0.15, 0.2) is 0 Å². The van der Waals surface area contributed by atoms with E-state index in [1.54, 1.807) is 12.1 Å². The Morgan fingerprint density at radius 2 is 0.590 bits per heavy atom. The van der Waals surface area contributed by atoms with Gasteiger partial charge < -0.3 is 152 Å². The van der Waals surface area contributed by atoms with Crippen LogP contribution in [-0.2, 0) is 201 Å². The number of hydrogen-bond acceptors (Lipinski definition) is 14. The Balaban J connectivity index is -0.0000000926. The number of allylic oxidation sites excluding steroid dienone is 2. The van der Waals surface area contributed by atoms with Gasteiger partial charge in [-0.1, -0.05) is 0 Å². The van der Waals surface area contributed by atoms with Crippen molar-refractivity contribution in [3.05, 3.63) is 75.6 Å². The number of nitriles is 2. The van der Waals surface area contributed by atoms with E-state index in [2.05, 4.69) is 95.2 Å². The molecule has 0 heterocycles. The van der Waals surface area contributed by atoms with E-state index in [-0.39, 0.29) is 79.4 Å². The molecule has 6 nitrogen and oxygen atoms in total. The van der Waals surface area contributed by atoms with Crippen LogP contribution in [0.3, 0.4) is 0 Å². The first kappa shape index (κ1) is 51.3. The Morgan fingerprint density at radius 1 is 0.436 bits per heavy atom. The summed E-state index contributed by atoms with van der Waals surface area (Å²) in [5.74, 6) is 0. The van der Waals surface area contributed by atoms with Gasteiger partial charge in [0.05, 0.1) is 38.4 Å². The van der Waals surface area contributed by atoms with Crippen molar-refractivity contribution in [2.45, 2.75) is 29.4 Å². The zero-order chi connectivity index (χ0) is 29.2. The van der Waals surface area contributed by atoms with Crippen LogP contribution in [0, 0.1) is 49.0 Å². The van der Waals surface area contributed by atoms with Crippen molar-refractivity contribution in [1.29, 1.82) is 10.5 Å². The minimum atomic E-state index is -0.123. The van der Waals surface area contributed by atoms with E-state index in [9.17, 15) is 0 Å². The van der Waals surface area contributed by atoms with Crippen LogP contribution < -0.4 is 0 Å². The standard InChI is InChI=1S/C6H6S6.3C4H2N2S2.3Ni/c7-1-2(8)4(10)6(12)5(11)3(1)9;1-5-3(7)4(8)6-2;2*1-6-4(8)3(7)2-5;;;/h7-12H;3*7-8H;;;/p-12. The molecule has 0 aromatic heterocycles. The Hall–Kier alpha value is -0.499. The molecule has 1 aromatic rings. The molecule has 0 saturated carbocycles. The van der Waals surface area contributed by atoms with Crippen LogP contribution in [0.2, 0.25) is 0 Å². The van der Waals surface area contributed by atoms with Crippen LogP contribution >= 0.6 is 0 Å². The molecule has 0 spiro atoms. The van der Waals surface area contributed by atoms with Crippen molar-refractivity contribution in [3.63, 3.8) is 0 Å². The average Bonchev–Trinajstić information content (AvgIpc) is 2.91. The summed E-state index contributed by atoms with van der Waals surface area (Å²) in [5, 5.41) is 15.6. The Labute approximate surface area is 324 Å². The Bertz CT molecular complexity index is 1060. The maximum Gasteiger partial charge on any atom is 0.0897 e. The Morgan fingerprint density at radius 3 is 0.667 bits per heavy atom. The Kier molecular flexibility index (Phi) is 38.1. The van der Waals surface area contributed by atoms with Crippen LogP contribution in [-0.4, -0.2) is 0 Å². The summed E-state index contributed by atoms with van der Waals surface area (Å²) in [5.41, 5.74) is 0. The quantitative estimate of drug-likeness (QED) is 0.166. The molecule has 0 amide bonds. The summed E-state index contributed by atoms with van der Waals surface area (Å²) in [6.07, 6.45) is 0. The van der Waals surface area contributed by atoms with E-state index < -0.39 is 0 Å². The van der Waals surface area contributed by atoms with Crippen molar-refractivity contribution in [2.75, 3.05) is 0 Å². The van der Waals surface area contributed by atoms with E-state index in [1.807, 2.05) is 0 Å². The molecule has 1 aromatic carbocycles. The van der Waals surface area contributed by atoms with E-state index in [4.69, 9.17) is 113 Å². The maximum absolute atomic E-state index is 8.01. The summed E-state index contributed by atoms with van der Waals surface area (Å²) in [6, 6.07) is 3.18. The first-order valence-electron chi connectivity index (χ1n) is 7.44. The number of hydrogen-bond donors (Lipinski definition) is 0. The third-order valence-corrected chi connectivity index (χ3v) is 7.76. The minimum absolute atomic E-state index is 0. The summed E-state index contributed by atoms with van der Waals surface area (Å²) < 4.78 is 0. The smallest absolute Gasteiger partial charge is 0.0897 e. The van der Waals surface area contributed by atoms with E-state index in [0.717, 1.165) is 0 Å². The van der Waals surface area contributed by atoms with Crippen LogP contribution in [0.1, 0.15) is 0 Å². The van der Waals surface area contributed by atoms with E-state index >= 15 is 0 Å². The zero-order valence-corrected chi connectivity index (χ0v) is 30.3. The van der Waals surface area contributed by atoms with Gasteiger partial charge in [-0.2, -0.15) is 10.5 Å². The SMILES string of the molecule is [C-]#[N+]C([S-])=C([S-])C#N.[C-]#[N+]C([S-])=C([S-])C#N.[C-]#[N+]C([S-])=C([S-])[N+]#[C-].[Ni].[Ni].[Ni].[S-]c1c([S-])c([S-])c([S-])c([S-])c1[S-]. The van der Waals surface area contributed by atoms with Crippen LogP contribution in [0.5, 0.6) is 0 Å². The van der Waals surface area contributed by atoms with Gasteiger partial charge >= 0.3 is 0 Å². The second-order valence-electron chi connectivity index (χ2n) is 4.52. The summed E-state index contributed by atoms with van der Waals surface area (Å²) in [4.78, 5) is 13.3. The van der Waals surface area contributed by atoms with Gasteiger partial charge in [0.25, 0.3) is 0 Å². The van der Waals surface area contributed by atoms with Gasteiger partial charge in [-0.05, 0) is 0 Å². The zero-order valence-electron chi connectivity index (χ0n) is 17.5. The fourth-order valence-electron chi connectivity index (χ4n) is 0.912. The minimum Gasteiger partial charge on any atom is -0.826 e. The normalized spacial score (nSPS) is 9.69. The molecule has 0 fully saturated rings. The second-order valence-corrected chi connectivity index (χ2v) is 9.34. The molecule has 0 aliphatic carbocycles. The second kappa shape index (κ2) is 29.0. The summed E-state index contributed by atoms with van der Waals surface area (Å²) in [7, 11) is 0. The first-order chi connectivity index (χ1) is 16.6. The average molecular weight is 861 g/mol. The topological polar surface area (TPSA) is 65.0 Å². The van der Waals surface area contributed by atoms with Crippen molar-refractivity contribution in [1.82, 2.24) is 0 Å². The van der Waals surface area contributed by atoms with Gasteiger partial charge in [-0.3, -0.25) is 19.4 Å². The molecular weight excluding hydrogens is 861 g/mol. The molecule has 0 atom stereocenters. The summed E-state index contributed by atoms with van der Waals surface area (Å²) >= 11 is 55.8. The first-order valence-corrected chi connectivity index (χ1v) is 12.3. The molecule has 21 heteroatoms. The molecule has 0 saturated heterocycles. The van der Waals surface area contributed by atoms with E-state index in [0.29, 0.717) is 29.4 Å². The van der Waals surface area contributed by atoms with Gasteiger partial charge in [-0.25, -0.2) is 29.4 Å². The summed E-state index contributed by atoms with van der Waals surface area (Å²) in [6.45, 7) is 25.2. The molecule has 0 aliphatic heterocycles. The number of benzene rings is 1. The fourth-order valence-corrected chi connectivity index (χ4v) is 2.80. The molecule has 0 aliphatic rings. The molecule has 0 bridgehead atoms. The molecule has 0 unspecified atom stereocenters. The molecular formula is C18N6Ni3S12-12. The van der Waals surface area contributed by atoms with Gasteiger partial charge in [0, 0.05) is 69.6 Å². The van der Waals surface area contributed by atoms with Crippen LogP contribution in [0.15, 0.2) is 59.3 Å². The van der Waals surface area contributed by atoms with Gasteiger partial charge in [-0.15, -0.1) is 9.81 Å².